The van der Waals surface area contributed by atoms with Crippen molar-refractivity contribution in [2.45, 2.75) is 32.6 Å². The monoisotopic (exact) mass is 412 g/mol. The number of hydrogen-bond acceptors (Lipinski definition) is 7. The highest BCUT2D eigenvalue weighted by Gasteiger charge is 2.01. The molecule has 166 valence electrons. The summed E-state index contributed by atoms with van der Waals surface area (Å²) in [4.78, 5) is 11.4. The van der Waals surface area contributed by atoms with Crippen LogP contribution in [-0.4, -0.2) is 72.0 Å². The van der Waals surface area contributed by atoms with E-state index in [0.29, 0.717) is 72.5 Å². The van der Waals surface area contributed by atoms with Crippen molar-refractivity contribution in [3.8, 4) is 5.75 Å². The smallest absolute Gasteiger partial charge is 0.305 e. The minimum Gasteiger partial charge on any atom is -0.491 e. The van der Waals surface area contributed by atoms with Crippen molar-refractivity contribution in [3.63, 3.8) is 0 Å². The molecule has 0 atom stereocenters. The largest absolute Gasteiger partial charge is 0.491 e. The Hall–Kier alpha value is -1.67. The van der Waals surface area contributed by atoms with Crippen molar-refractivity contribution in [1.29, 1.82) is 0 Å². The van der Waals surface area contributed by atoms with Crippen LogP contribution < -0.4 is 4.74 Å². The molecule has 7 nitrogen and oxygen atoms in total. The molecule has 0 aliphatic carbocycles. The van der Waals surface area contributed by atoms with Gasteiger partial charge in [-0.3, -0.25) is 4.79 Å². The van der Waals surface area contributed by atoms with Crippen LogP contribution >= 0.6 is 0 Å². The molecule has 0 bridgehead atoms. The van der Waals surface area contributed by atoms with E-state index in [1.165, 1.54) is 0 Å². The number of ether oxygens (including phenoxy) is 6. The van der Waals surface area contributed by atoms with E-state index in [1.807, 2.05) is 30.3 Å². The molecule has 0 amide bonds. The standard InChI is InChI=1S/C22H36O7/c1-2-3-5-10-22(23)29-20-18-27-16-14-25-12-11-24-13-15-26-17-19-28-21-8-6-4-7-9-21/h4,6-9H,2-3,5,10-20H2,1H3. The molecule has 0 heterocycles. The molecule has 0 N–H and O–H groups in total. The van der Waals surface area contributed by atoms with Gasteiger partial charge in [-0.05, 0) is 18.6 Å². The zero-order valence-corrected chi connectivity index (χ0v) is 17.6. The van der Waals surface area contributed by atoms with Crippen molar-refractivity contribution in [2.24, 2.45) is 0 Å². The fraction of sp³-hybridized carbons (Fsp3) is 0.682. The molecule has 0 saturated heterocycles. The Labute approximate surface area is 174 Å². The Bertz CT molecular complexity index is 481. The summed E-state index contributed by atoms with van der Waals surface area (Å²) in [6.07, 6.45) is 3.54. The van der Waals surface area contributed by atoms with E-state index >= 15 is 0 Å². The number of para-hydroxylation sites is 1. The van der Waals surface area contributed by atoms with Crippen LogP contribution in [0.2, 0.25) is 0 Å². The van der Waals surface area contributed by atoms with Crippen LogP contribution in [0.25, 0.3) is 0 Å². The normalized spacial score (nSPS) is 10.8. The van der Waals surface area contributed by atoms with E-state index < -0.39 is 0 Å². The summed E-state index contributed by atoms with van der Waals surface area (Å²) in [6.45, 7) is 6.87. The average molecular weight is 413 g/mol. The average Bonchev–Trinajstić information content (AvgIpc) is 2.74. The van der Waals surface area contributed by atoms with Gasteiger partial charge in [0.25, 0.3) is 0 Å². The molecule has 0 unspecified atom stereocenters. The summed E-state index contributed by atoms with van der Waals surface area (Å²) in [5.41, 5.74) is 0. The maximum Gasteiger partial charge on any atom is 0.305 e. The second-order valence-corrected chi connectivity index (χ2v) is 6.29. The molecule has 29 heavy (non-hydrogen) atoms. The Balaban J connectivity index is 1.71. The number of rotatable bonds is 20. The van der Waals surface area contributed by atoms with Gasteiger partial charge >= 0.3 is 5.97 Å². The molecule has 0 aliphatic rings. The van der Waals surface area contributed by atoms with Crippen molar-refractivity contribution < 1.29 is 33.2 Å². The number of hydrogen-bond donors (Lipinski definition) is 0. The van der Waals surface area contributed by atoms with Crippen LogP contribution in [0.1, 0.15) is 32.6 Å². The molecular formula is C22H36O7. The van der Waals surface area contributed by atoms with Crippen LogP contribution in [0.5, 0.6) is 5.75 Å². The molecule has 0 spiro atoms. The van der Waals surface area contributed by atoms with E-state index in [1.54, 1.807) is 0 Å². The lowest BCUT2D eigenvalue weighted by molar-refractivity contribution is -0.145. The zero-order chi connectivity index (χ0) is 20.8. The van der Waals surface area contributed by atoms with E-state index in [9.17, 15) is 4.79 Å². The zero-order valence-electron chi connectivity index (χ0n) is 17.6. The lowest BCUT2D eigenvalue weighted by Crippen LogP contribution is -2.15. The van der Waals surface area contributed by atoms with Gasteiger partial charge in [-0.15, -0.1) is 0 Å². The molecule has 0 saturated carbocycles. The Morgan fingerprint density at radius 3 is 1.76 bits per heavy atom. The molecule has 0 radical (unpaired) electrons. The molecular weight excluding hydrogens is 376 g/mol. The second-order valence-electron chi connectivity index (χ2n) is 6.29. The summed E-state index contributed by atoms with van der Waals surface area (Å²) in [7, 11) is 0. The molecule has 0 aromatic heterocycles. The third-order valence-electron chi connectivity index (χ3n) is 3.83. The van der Waals surface area contributed by atoms with Crippen molar-refractivity contribution >= 4 is 5.97 Å². The topological polar surface area (TPSA) is 72.5 Å². The summed E-state index contributed by atoms with van der Waals surface area (Å²) in [5, 5.41) is 0. The molecule has 0 fully saturated rings. The van der Waals surface area contributed by atoms with Gasteiger partial charge in [0.2, 0.25) is 0 Å². The van der Waals surface area contributed by atoms with E-state index in [2.05, 4.69) is 6.92 Å². The third kappa shape index (κ3) is 16.9. The van der Waals surface area contributed by atoms with Gasteiger partial charge in [0, 0.05) is 6.42 Å². The minimum atomic E-state index is -0.150. The first kappa shape index (κ1) is 25.4. The summed E-state index contributed by atoms with van der Waals surface area (Å²) in [5.74, 6) is 0.694. The van der Waals surface area contributed by atoms with Crippen molar-refractivity contribution in [2.75, 3.05) is 66.1 Å². The second kappa shape index (κ2) is 19.6. The first-order valence-electron chi connectivity index (χ1n) is 10.5. The predicted octanol–water partition coefficient (Wildman–Crippen LogP) is 3.26. The summed E-state index contributed by atoms with van der Waals surface area (Å²) < 4.78 is 32.2. The van der Waals surface area contributed by atoms with E-state index in [0.717, 1.165) is 25.0 Å². The third-order valence-corrected chi connectivity index (χ3v) is 3.83. The highest BCUT2D eigenvalue weighted by molar-refractivity contribution is 5.69. The van der Waals surface area contributed by atoms with Gasteiger partial charge < -0.3 is 28.4 Å². The van der Waals surface area contributed by atoms with Crippen LogP contribution in [0.3, 0.4) is 0 Å². The van der Waals surface area contributed by atoms with Crippen molar-refractivity contribution in [3.05, 3.63) is 30.3 Å². The number of esters is 1. The molecule has 7 heteroatoms. The SMILES string of the molecule is CCCCCC(=O)OCCOCCOCCOCCOCCOc1ccccc1. The van der Waals surface area contributed by atoms with Crippen LogP contribution in [0, 0.1) is 0 Å². The molecule has 1 aromatic rings. The fourth-order valence-electron chi connectivity index (χ4n) is 2.30. The quantitative estimate of drug-likeness (QED) is 0.240. The van der Waals surface area contributed by atoms with Crippen LogP contribution in [-0.2, 0) is 28.5 Å². The predicted molar refractivity (Wildman–Crippen MR) is 110 cm³/mol. The Morgan fingerprint density at radius 1 is 0.690 bits per heavy atom. The van der Waals surface area contributed by atoms with E-state index in [4.69, 9.17) is 28.4 Å². The van der Waals surface area contributed by atoms with Gasteiger partial charge in [-0.1, -0.05) is 38.0 Å². The highest BCUT2D eigenvalue weighted by atomic mass is 16.6. The first-order valence-corrected chi connectivity index (χ1v) is 10.5. The number of carbonyl (C=O) groups is 1. The lowest BCUT2D eigenvalue weighted by atomic mass is 10.2. The van der Waals surface area contributed by atoms with Gasteiger partial charge in [0.05, 0.1) is 52.9 Å². The summed E-state index contributed by atoms with van der Waals surface area (Å²) >= 11 is 0. The summed E-state index contributed by atoms with van der Waals surface area (Å²) in [6, 6.07) is 9.65. The molecule has 0 aliphatic heterocycles. The van der Waals surface area contributed by atoms with Gasteiger partial charge in [0.1, 0.15) is 19.0 Å². The van der Waals surface area contributed by atoms with Crippen LogP contribution in [0.15, 0.2) is 30.3 Å². The Kier molecular flexibility index (Phi) is 17.2. The maximum atomic E-state index is 11.4. The van der Waals surface area contributed by atoms with Gasteiger partial charge in [-0.2, -0.15) is 0 Å². The maximum absolute atomic E-state index is 11.4. The fourth-order valence-corrected chi connectivity index (χ4v) is 2.30. The minimum absolute atomic E-state index is 0.150. The van der Waals surface area contributed by atoms with E-state index in [-0.39, 0.29) is 5.97 Å². The molecule has 1 rings (SSSR count). The number of carbonyl (C=O) groups excluding carboxylic acids is 1. The first-order chi connectivity index (χ1) is 14.3. The molecule has 1 aromatic carbocycles. The number of benzene rings is 1. The lowest BCUT2D eigenvalue weighted by Gasteiger charge is -2.08. The highest BCUT2D eigenvalue weighted by Crippen LogP contribution is 2.07. The van der Waals surface area contributed by atoms with Crippen molar-refractivity contribution in [1.82, 2.24) is 0 Å². The van der Waals surface area contributed by atoms with Gasteiger partial charge in [-0.25, -0.2) is 0 Å². The Morgan fingerprint density at radius 2 is 1.21 bits per heavy atom. The number of unbranched alkanes of at least 4 members (excludes halogenated alkanes) is 2. The van der Waals surface area contributed by atoms with Gasteiger partial charge in [0.15, 0.2) is 0 Å². The van der Waals surface area contributed by atoms with Crippen LogP contribution in [0.4, 0.5) is 0 Å².